The number of nitrogens with one attached hydrogen (secondary N) is 1. The first kappa shape index (κ1) is 15.1. The van der Waals surface area contributed by atoms with Gasteiger partial charge in [0.15, 0.2) is 0 Å². The monoisotopic (exact) mass is 240 g/mol. The number of allylic oxidation sites excluding steroid dienone is 4. The van der Waals surface area contributed by atoms with Crippen molar-refractivity contribution in [3.8, 4) is 6.07 Å². The lowest BCUT2D eigenvalue weighted by Gasteiger charge is -2.17. The van der Waals surface area contributed by atoms with Gasteiger partial charge in [-0.1, -0.05) is 32.4 Å². The van der Waals surface area contributed by atoms with Crippen molar-refractivity contribution >= 4 is 11.6 Å². The topological polar surface area (TPSA) is 35.8 Å². The van der Waals surface area contributed by atoms with E-state index < -0.39 is 0 Å². The standard InChI is InChI=1S/C13H21ClN2/c1-6-11(8-15)12(14)10(5)13(9(3)4)16-7-2/h9,16H,6-7H2,1-5H3/b12-11-,13-10+. The summed E-state index contributed by atoms with van der Waals surface area (Å²) in [6, 6.07) is 2.15. The van der Waals surface area contributed by atoms with Crippen LogP contribution in [-0.4, -0.2) is 6.54 Å². The molecule has 0 bridgehead atoms. The van der Waals surface area contributed by atoms with Gasteiger partial charge in [-0.15, -0.1) is 0 Å². The van der Waals surface area contributed by atoms with Crippen LogP contribution in [0, 0.1) is 17.2 Å². The van der Waals surface area contributed by atoms with Gasteiger partial charge in [0.1, 0.15) is 0 Å². The molecule has 0 aliphatic heterocycles. The highest BCUT2D eigenvalue weighted by Gasteiger charge is 2.12. The third kappa shape index (κ3) is 3.90. The molecular formula is C13H21ClN2. The number of hydrogen-bond acceptors (Lipinski definition) is 2. The lowest BCUT2D eigenvalue weighted by atomic mass is 10.0. The lowest BCUT2D eigenvalue weighted by Crippen LogP contribution is -2.18. The fourth-order valence-corrected chi connectivity index (χ4v) is 1.87. The largest absolute Gasteiger partial charge is 0.388 e. The summed E-state index contributed by atoms with van der Waals surface area (Å²) >= 11 is 6.23. The van der Waals surface area contributed by atoms with Crippen LogP contribution in [0.1, 0.15) is 41.0 Å². The van der Waals surface area contributed by atoms with Crippen molar-refractivity contribution < 1.29 is 0 Å². The van der Waals surface area contributed by atoms with E-state index in [9.17, 15) is 0 Å². The minimum Gasteiger partial charge on any atom is -0.388 e. The molecule has 0 saturated carbocycles. The van der Waals surface area contributed by atoms with E-state index in [0.29, 0.717) is 22.9 Å². The molecule has 0 atom stereocenters. The smallest absolute Gasteiger partial charge is 0.0962 e. The van der Waals surface area contributed by atoms with Crippen LogP contribution in [0.2, 0.25) is 0 Å². The maximum absolute atomic E-state index is 8.96. The first-order chi connectivity index (χ1) is 7.49. The molecule has 0 aromatic rings. The lowest BCUT2D eigenvalue weighted by molar-refractivity contribution is 0.658. The summed E-state index contributed by atoms with van der Waals surface area (Å²) in [6.07, 6.45) is 0.671. The maximum atomic E-state index is 8.96. The molecule has 0 aromatic heterocycles. The quantitative estimate of drug-likeness (QED) is 0.583. The van der Waals surface area contributed by atoms with Gasteiger partial charge in [-0.05, 0) is 31.8 Å². The highest BCUT2D eigenvalue weighted by molar-refractivity contribution is 6.32. The normalized spacial score (nSPS) is 14.1. The third-order valence-corrected chi connectivity index (χ3v) is 2.94. The van der Waals surface area contributed by atoms with Crippen LogP contribution in [-0.2, 0) is 0 Å². The van der Waals surface area contributed by atoms with Gasteiger partial charge >= 0.3 is 0 Å². The number of halogens is 1. The molecule has 0 aromatic carbocycles. The van der Waals surface area contributed by atoms with Gasteiger partial charge in [0.25, 0.3) is 0 Å². The van der Waals surface area contributed by atoms with Gasteiger partial charge in [-0.3, -0.25) is 0 Å². The Bertz CT molecular complexity index is 332. The Morgan fingerprint density at radius 1 is 1.38 bits per heavy atom. The highest BCUT2D eigenvalue weighted by Crippen LogP contribution is 2.25. The predicted octanol–water partition coefficient (Wildman–Crippen LogP) is 3.95. The molecule has 0 radical (unpaired) electrons. The van der Waals surface area contributed by atoms with Crippen molar-refractivity contribution in [3.05, 3.63) is 21.9 Å². The van der Waals surface area contributed by atoms with Gasteiger partial charge in [-0.2, -0.15) is 5.26 Å². The zero-order chi connectivity index (χ0) is 12.7. The first-order valence-corrected chi connectivity index (χ1v) is 6.11. The predicted molar refractivity (Wildman–Crippen MR) is 70.0 cm³/mol. The molecule has 0 saturated heterocycles. The number of nitriles is 1. The van der Waals surface area contributed by atoms with E-state index in [0.717, 1.165) is 17.8 Å². The Labute approximate surface area is 104 Å². The summed E-state index contributed by atoms with van der Waals surface area (Å²) in [5.74, 6) is 0.380. The van der Waals surface area contributed by atoms with Crippen molar-refractivity contribution in [2.75, 3.05) is 6.54 Å². The molecule has 2 nitrogen and oxygen atoms in total. The zero-order valence-corrected chi connectivity index (χ0v) is 11.6. The number of rotatable bonds is 5. The average Bonchev–Trinajstić information content (AvgIpc) is 2.26. The number of nitrogens with zero attached hydrogens (tertiary/aromatic N) is 1. The van der Waals surface area contributed by atoms with Gasteiger partial charge in [0.05, 0.1) is 11.1 Å². The van der Waals surface area contributed by atoms with E-state index in [2.05, 4.69) is 32.2 Å². The summed E-state index contributed by atoms with van der Waals surface area (Å²) in [6.45, 7) is 11.1. The molecule has 0 amide bonds. The summed E-state index contributed by atoms with van der Waals surface area (Å²) in [4.78, 5) is 0. The van der Waals surface area contributed by atoms with Gasteiger partial charge in [0, 0.05) is 17.8 Å². The Kier molecular flexibility index (Phi) is 6.92. The van der Waals surface area contributed by atoms with E-state index in [1.165, 1.54) is 0 Å². The van der Waals surface area contributed by atoms with Crippen LogP contribution in [0.25, 0.3) is 0 Å². The Morgan fingerprint density at radius 3 is 2.25 bits per heavy atom. The molecule has 0 unspecified atom stereocenters. The van der Waals surface area contributed by atoms with Crippen molar-refractivity contribution in [1.29, 1.82) is 5.26 Å². The van der Waals surface area contributed by atoms with Crippen molar-refractivity contribution in [3.63, 3.8) is 0 Å². The fraction of sp³-hybridized carbons (Fsp3) is 0.615. The fourth-order valence-electron chi connectivity index (χ4n) is 1.59. The van der Waals surface area contributed by atoms with Crippen LogP contribution in [0.15, 0.2) is 21.9 Å². The molecule has 0 rings (SSSR count). The van der Waals surface area contributed by atoms with E-state index in [1.807, 2.05) is 13.8 Å². The van der Waals surface area contributed by atoms with Crippen molar-refractivity contribution in [1.82, 2.24) is 5.32 Å². The van der Waals surface area contributed by atoms with Crippen LogP contribution >= 0.6 is 11.6 Å². The SMILES string of the molecule is CCN/C(=C(C)/C(Cl)=C(/C#N)CC)C(C)C. The second-order valence-corrected chi connectivity index (χ2v) is 4.36. The molecule has 0 aliphatic rings. The highest BCUT2D eigenvalue weighted by atomic mass is 35.5. The Hall–Kier alpha value is -0.940. The molecule has 90 valence electrons. The average molecular weight is 241 g/mol. The Balaban J connectivity index is 5.41. The van der Waals surface area contributed by atoms with Gasteiger partial charge < -0.3 is 5.32 Å². The molecule has 16 heavy (non-hydrogen) atoms. The minimum absolute atomic E-state index is 0.380. The zero-order valence-electron chi connectivity index (χ0n) is 10.8. The third-order valence-electron chi connectivity index (χ3n) is 2.43. The maximum Gasteiger partial charge on any atom is 0.0962 e. The second kappa shape index (κ2) is 7.35. The summed E-state index contributed by atoms with van der Waals surface area (Å²) < 4.78 is 0. The summed E-state index contributed by atoms with van der Waals surface area (Å²) in [5.41, 5.74) is 2.75. The molecule has 0 heterocycles. The molecule has 1 N–H and O–H groups in total. The minimum atomic E-state index is 0.380. The van der Waals surface area contributed by atoms with Gasteiger partial charge in [-0.25, -0.2) is 0 Å². The molecule has 0 aliphatic carbocycles. The first-order valence-electron chi connectivity index (χ1n) is 5.73. The van der Waals surface area contributed by atoms with E-state index >= 15 is 0 Å². The van der Waals surface area contributed by atoms with Gasteiger partial charge in [0.2, 0.25) is 0 Å². The van der Waals surface area contributed by atoms with E-state index in [-0.39, 0.29) is 0 Å². The molecular weight excluding hydrogens is 220 g/mol. The molecule has 3 heteroatoms. The summed E-state index contributed by atoms with van der Waals surface area (Å²) in [7, 11) is 0. The summed E-state index contributed by atoms with van der Waals surface area (Å²) in [5, 5.41) is 12.9. The molecule has 0 spiro atoms. The van der Waals surface area contributed by atoms with Crippen LogP contribution in [0.5, 0.6) is 0 Å². The van der Waals surface area contributed by atoms with Crippen LogP contribution in [0.4, 0.5) is 0 Å². The Morgan fingerprint density at radius 2 is 1.94 bits per heavy atom. The number of hydrogen-bond donors (Lipinski definition) is 1. The van der Waals surface area contributed by atoms with Crippen molar-refractivity contribution in [2.24, 2.45) is 5.92 Å². The second-order valence-electron chi connectivity index (χ2n) is 3.98. The van der Waals surface area contributed by atoms with Crippen molar-refractivity contribution in [2.45, 2.75) is 41.0 Å². The van der Waals surface area contributed by atoms with E-state index in [4.69, 9.17) is 16.9 Å². The molecule has 0 fully saturated rings. The van der Waals surface area contributed by atoms with E-state index in [1.54, 1.807) is 0 Å². The van der Waals surface area contributed by atoms with Crippen LogP contribution in [0.3, 0.4) is 0 Å². The van der Waals surface area contributed by atoms with Crippen LogP contribution < -0.4 is 5.32 Å².